The van der Waals surface area contributed by atoms with Gasteiger partial charge in [0.05, 0.1) is 12.0 Å². The van der Waals surface area contributed by atoms with E-state index in [9.17, 15) is 8.42 Å². The highest BCUT2D eigenvalue weighted by Crippen LogP contribution is 2.04. The molecule has 0 rings (SSSR count). The topological polar surface area (TPSA) is 64.4 Å². The minimum absolute atomic E-state index is 0.219. The number of nitrogens with zero attached hydrogens (tertiary/aromatic N) is 3. The maximum absolute atomic E-state index is 11.4. The zero-order chi connectivity index (χ0) is 10.6. The summed E-state index contributed by atoms with van der Waals surface area (Å²) in [5, 5.41) is 8.50. The number of hydrogen-bond acceptors (Lipinski definition) is 3. The van der Waals surface area contributed by atoms with E-state index in [0.717, 1.165) is 4.31 Å². The van der Waals surface area contributed by atoms with Crippen LogP contribution in [0.2, 0.25) is 0 Å². The molecule has 0 saturated heterocycles. The van der Waals surface area contributed by atoms with E-state index in [-0.39, 0.29) is 12.5 Å². The van der Waals surface area contributed by atoms with E-state index in [4.69, 9.17) is 5.26 Å². The van der Waals surface area contributed by atoms with Crippen LogP contribution >= 0.6 is 0 Å². The second-order valence-corrected chi connectivity index (χ2v) is 5.35. The van der Waals surface area contributed by atoms with Gasteiger partial charge in [-0.25, -0.2) is 0 Å². The van der Waals surface area contributed by atoms with Crippen molar-refractivity contribution in [2.24, 2.45) is 5.92 Å². The van der Waals surface area contributed by atoms with E-state index in [1.807, 2.05) is 6.07 Å². The van der Waals surface area contributed by atoms with Crippen molar-refractivity contribution in [3.63, 3.8) is 0 Å². The van der Waals surface area contributed by atoms with Crippen molar-refractivity contribution in [3.05, 3.63) is 0 Å². The standard InChI is InChI=1S/C7H15N3O2S/c1-7(5-8)6-10(4)13(11,12)9(2)3/h7H,6H2,1-4H3. The Kier molecular flexibility index (Phi) is 4.33. The Balaban J connectivity index is 4.46. The van der Waals surface area contributed by atoms with E-state index in [1.165, 1.54) is 25.4 Å². The lowest BCUT2D eigenvalue weighted by molar-refractivity contribution is 0.398. The molecule has 0 aromatic heterocycles. The molecule has 13 heavy (non-hydrogen) atoms. The summed E-state index contributed by atoms with van der Waals surface area (Å²) in [6.07, 6.45) is 0. The predicted octanol–water partition coefficient (Wildman–Crippen LogP) is -0.116. The molecular formula is C7H15N3O2S. The third kappa shape index (κ3) is 3.30. The Bertz CT molecular complexity index is 291. The smallest absolute Gasteiger partial charge is 0.198 e. The Labute approximate surface area is 79.7 Å². The zero-order valence-corrected chi connectivity index (χ0v) is 9.17. The van der Waals surface area contributed by atoms with Crippen LogP contribution in [0.3, 0.4) is 0 Å². The molecule has 1 atom stereocenters. The van der Waals surface area contributed by atoms with Gasteiger partial charge in [0.1, 0.15) is 0 Å². The Hall–Kier alpha value is -0.640. The molecule has 6 heteroatoms. The lowest BCUT2D eigenvalue weighted by Crippen LogP contribution is -2.39. The van der Waals surface area contributed by atoms with Gasteiger partial charge < -0.3 is 0 Å². The monoisotopic (exact) mass is 205 g/mol. The molecule has 0 bridgehead atoms. The van der Waals surface area contributed by atoms with Crippen molar-refractivity contribution in [1.82, 2.24) is 8.61 Å². The van der Waals surface area contributed by atoms with Crippen LogP contribution in [-0.2, 0) is 10.2 Å². The average molecular weight is 205 g/mol. The first kappa shape index (κ1) is 12.4. The maximum Gasteiger partial charge on any atom is 0.281 e. The van der Waals surface area contributed by atoms with Gasteiger partial charge in [0.15, 0.2) is 0 Å². The Morgan fingerprint density at radius 3 is 2.15 bits per heavy atom. The first-order valence-electron chi connectivity index (χ1n) is 3.85. The fourth-order valence-electron chi connectivity index (χ4n) is 0.799. The molecule has 0 saturated carbocycles. The molecule has 0 aromatic rings. The van der Waals surface area contributed by atoms with Gasteiger partial charge >= 0.3 is 0 Å². The van der Waals surface area contributed by atoms with Crippen molar-refractivity contribution in [2.45, 2.75) is 6.92 Å². The summed E-state index contributed by atoms with van der Waals surface area (Å²) in [5.41, 5.74) is 0. The van der Waals surface area contributed by atoms with E-state index in [0.29, 0.717) is 0 Å². The van der Waals surface area contributed by atoms with Gasteiger partial charge in [0, 0.05) is 27.7 Å². The molecule has 0 radical (unpaired) electrons. The number of hydrogen-bond donors (Lipinski definition) is 0. The third-order valence-electron chi connectivity index (χ3n) is 1.61. The molecule has 0 fully saturated rings. The summed E-state index contributed by atoms with van der Waals surface area (Å²) in [6.45, 7) is 1.90. The van der Waals surface area contributed by atoms with Crippen LogP contribution in [0.1, 0.15) is 6.92 Å². The predicted molar refractivity (Wildman–Crippen MR) is 50.0 cm³/mol. The Morgan fingerprint density at radius 2 is 1.85 bits per heavy atom. The maximum atomic E-state index is 11.4. The minimum Gasteiger partial charge on any atom is -0.198 e. The van der Waals surface area contributed by atoms with E-state index >= 15 is 0 Å². The third-order valence-corrected chi connectivity index (χ3v) is 3.47. The van der Waals surface area contributed by atoms with Gasteiger partial charge in [-0.3, -0.25) is 0 Å². The normalized spacial score (nSPS) is 14.5. The molecule has 0 aliphatic carbocycles. The fraction of sp³-hybridized carbons (Fsp3) is 0.857. The largest absolute Gasteiger partial charge is 0.281 e. The number of nitriles is 1. The van der Waals surface area contributed by atoms with Crippen molar-refractivity contribution in [2.75, 3.05) is 27.7 Å². The molecule has 5 nitrogen and oxygen atoms in total. The number of rotatable bonds is 4. The van der Waals surface area contributed by atoms with Crippen LogP contribution in [0.5, 0.6) is 0 Å². The molecule has 0 aliphatic rings. The quantitative estimate of drug-likeness (QED) is 0.643. The van der Waals surface area contributed by atoms with Gasteiger partial charge in [-0.15, -0.1) is 0 Å². The van der Waals surface area contributed by atoms with Gasteiger partial charge in [0.25, 0.3) is 10.2 Å². The van der Waals surface area contributed by atoms with Crippen molar-refractivity contribution < 1.29 is 8.42 Å². The highest BCUT2D eigenvalue weighted by atomic mass is 32.2. The summed E-state index contributed by atoms with van der Waals surface area (Å²) in [6, 6.07) is 1.98. The minimum atomic E-state index is -3.37. The Morgan fingerprint density at radius 1 is 1.38 bits per heavy atom. The first-order chi connectivity index (χ1) is 5.82. The van der Waals surface area contributed by atoms with Crippen LogP contribution in [0, 0.1) is 17.2 Å². The van der Waals surface area contributed by atoms with Crippen LogP contribution < -0.4 is 0 Å². The molecule has 1 unspecified atom stereocenters. The van der Waals surface area contributed by atoms with Crippen LogP contribution in [-0.4, -0.2) is 44.7 Å². The molecule has 0 aromatic carbocycles. The van der Waals surface area contributed by atoms with Crippen LogP contribution in [0.4, 0.5) is 0 Å². The first-order valence-corrected chi connectivity index (χ1v) is 5.25. The average Bonchev–Trinajstić information content (AvgIpc) is 2.03. The summed E-state index contributed by atoms with van der Waals surface area (Å²) in [4.78, 5) is 0. The highest BCUT2D eigenvalue weighted by Gasteiger charge is 2.21. The van der Waals surface area contributed by atoms with Gasteiger partial charge in [-0.2, -0.15) is 22.3 Å². The van der Waals surface area contributed by atoms with E-state index in [2.05, 4.69) is 0 Å². The van der Waals surface area contributed by atoms with Gasteiger partial charge in [0.2, 0.25) is 0 Å². The molecule has 0 heterocycles. The summed E-state index contributed by atoms with van der Waals surface area (Å²) < 4.78 is 25.1. The summed E-state index contributed by atoms with van der Waals surface area (Å²) >= 11 is 0. The molecule has 76 valence electrons. The van der Waals surface area contributed by atoms with Gasteiger partial charge in [-0.1, -0.05) is 0 Å². The van der Waals surface area contributed by atoms with E-state index in [1.54, 1.807) is 6.92 Å². The molecule has 0 aliphatic heterocycles. The lowest BCUT2D eigenvalue weighted by Gasteiger charge is -2.21. The highest BCUT2D eigenvalue weighted by molar-refractivity contribution is 7.86. The van der Waals surface area contributed by atoms with Crippen molar-refractivity contribution in [1.29, 1.82) is 5.26 Å². The second kappa shape index (κ2) is 4.56. The van der Waals surface area contributed by atoms with E-state index < -0.39 is 10.2 Å². The molecular weight excluding hydrogens is 190 g/mol. The molecule has 0 spiro atoms. The van der Waals surface area contributed by atoms with Crippen molar-refractivity contribution in [3.8, 4) is 6.07 Å². The fourth-order valence-corrected chi connectivity index (χ4v) is 1.77. The van der Waals surface area contributed by atoms with Gasteiger partial charge in [-0.05, 0) is 6.92 Å². The summed E-state index contributed by atoms with van der Waals surface area (Å²) in [5.74, 6) is -0.292. The summed E-state index contributed by atoms with van der Waals surface area (Å²) in [7, 11) is 1.02. The SMILES string of the molecule is CC(C#N)CN(C)S(=O)(=O)N(C)C. The molecule has 0 amide bonds. The molecule has 0 N–H and O–H groups in total. The lowest BCUT2D eigenvalue weighted by atomic mass is 10.2. The zero-order valence-electron chi connectivity index (χ0n) is 8.35. The van der Waals surface area contributed by atoms with Crippen molar-refractivity contribution >= 4 is 10.2 Å². The van der Waals surface area contributed by atoms with Crippen LogP contribution in [0.25, 0.3) is 0 Å². The van der Waals surface area contributed by atoms with Crippen LogP contribution in [0.15, 0.2) is 0 Å². The second-order valence-electron chi connectivity index (χ2n) is 3.10.